The molecular weight excluding hydrogens is 394 g/mol. The van der Waals surface area contributed by atoms with Gasteiger partial charge in [0.05, 0.1) is 16.6 Å². The van der Waals surface area contributed by atoms with E-state index in [1.807, 2.05) is 34.5 Å². The van der Waals surface area contributed by atoms with Gasteiger partial charge in [-0.1, -0.05) is 18.2 Å². The van der Waals surface area contributed by atoms with Crippen LogP contribution in [0.2, 0.25) is 0 Å². The predicted octanol–water partition coefficient (Wildman–Crippen LogP) is 3.08. The summed E-state index contributed by atoms with van der Waals surface area (Å²) in [6, 6.07) is 12.3. The maximum absolute atomic E-state index is 12.4. The molecule has 3 aromatic rings. The van der Waals surface area contributed by atoms with Crippen LogP contribution in [0.5, 0.6) is 0 Å². The largest absolute Gasteiger partial charge is 0.353 e. The molecule has 2 heterocycles. The molecule has 0 bridgehead atoms. The highest BCUT2D eigenvalue weighted by molar-refractivity contribution is 7.92. The summed E-state index contributed by atoms with van der Waals surface area (Å²) >= 11 is 1.62. The molecule has 0 radical (unpaired) electrons. The number of sulfone groups is 1. The third-order valence-electron chi connectivity index (χ3n) is 4.45. The van der Waals surface area contributed by atoms with Crippen molar-refractivity contribution in [2.75, 3.05) is 6.54 Å². The normalized spacial score (nSPS) is 12.8. The Morgan fingerprint density at radius 3 is 2.50 bits per heavy atom. The number of aromatic nitrogens is 2. The lowest BCUT2D eigenvalue weighted by atomic mass is 10.1. The topological polar surface area (TPSA) is 81.1 Å². The smallest absolute Gasteiger partial charge is 0.224 e. The molecule has 8 heteroatoms. The van der Waals surface area contributed by atoms with E-state index >= 15 is 0 Å². The molecule has 0 aliphatic heterocycles. The number of hydrogen-bond donors (Lipinski definition) is 1. The first-order valence-electron chi connectivity index (χ1n) is 9.00. The van der Waals surface area contributed by atoms with Gasteiger partial charge < -0.3 is 5.32 Å². The van der Waals surface area contributed by atoms with Gasteiger partial charge in [0, 0.05) is 23.8 Å². The van der Waals surface area contributed by atoms with Crippen LogP contribution >= 0.6 is 11.3 Å². The molecule has 1 amide bonds. The molecule has 1 N–H and O–H groups in total. The summed E-state index contributed by atoms with van der Waals surface area (Å²) in [6.45, 7) is 3.74. The summed E-state index contributed by atoms with van der Waals surface area (Å²) in [6.07, 6.45) is 3.79. The van der Waals surface area contributed by atoms with Crippen molar-refractivity contribution in [1.29, 1.82) is 0 Å². The highest BCUT2D eigenvalue weighted by Gasteiger charge is 2.19. The van der Waals surface area contributed by atoms with E-state index in [-0.39, 0.29) is 23.3 Å². The SMILES string of the molecule is CC(C)S(=O)(=O)c1ccc(CC(=O)NCC(c2cccs2)n2cccn2)cc1. The van der Waals surface area contributed by atoms with Crippen molar-refractivity contribution >= 4 is 27.1 Å². The molecule has 1 aromatic carbocycles. The third-order valence-corrected chi connectivity index (χ3v) is 7.59. The Bertz CT molecular complexity index is 959. The lowest BCUT2D eigenvalue weighted by molar-refractivity contribution is -0.120. The Morgan fingerprint density at radius 2 is 1.93 bits per heavy atom. The van der Waals surface area contributed by atoms with E-state index in [0.717, 1.165) is 10.4 Å². The number of hydrogen-bond acceptors (Lipinski definition) is 5. The van der Waals surface area contributed by atoms with Crippen molar-refractivity contribution in [3.8, 4) is 0 Å². The number of benzene rings is 1. The van der Waals surface area contributed by atoms with Crippen LogP contribution in [0.1, 0.15) is 30.3 Å². The van der Waals surface area contributed by atoms with E-state index in [4.69, 9.17) is 0 Å². The molecule has 6 nitrogen and oxygen atoms in total. The zero-order valence-electron chi connectivity index (χ0n) is 15.8. The fourth-order valence-electron chi connectivity index (χ4n) is 2.80. The standard InChI is InChI=1S/C20H23N3O3S2/c1-15(2)28(25,26)17-8-6-16(7-9-17)13-20(24)21-14-18(19-5-3-12-27-19)23-11-4-10-22-23/h3-12,15,18H,13-14H2,1-2H3,(H,21,24). The summed E-state index contributed by atoms with van der Waals surface area (Å²) in [4.78, 5) is 13.8. The molecule has 0 spiro atoms. The fraction of sp³-hybridized carbons (Fsp3) is 0.300. The molecule has 28 heavy (non-hydrogen) atoms. The molecule has 0 aliphatic carbocycles. The van der Waals surface area contributed by atoms with Crippen LogP contribution in [0.3, 0.4) is 0 Å². The first-order valence-corrected chi connectivity index (χ1v) is 11.4. The van der Waals surface area contributed by atoms with Gasteiger partial charge in [-0.15, -0.1) is 11.3 Å². The van der Waals surface area contributed by atoms with E-state index in [1.165, 1.54) is 0 Å². The molecule has 0 saturated carbocycles. The summed E-state index contributed by atoms with van der Waals surface area (Å²) < 4.78 is 26.2. The van der Waals surface area contributed by atoms with Crippen molar-refractivity contribution in [3.63, 3.8) is 0 Å². The minimum atomic E-state index is -3.30. The summed E-state index contributed by atoms with van der Waals surface area (Å²) in [5.41, 5.74) is 0.770. The van der Waals surface area contributed by atoms with E-state index < -0.39 is 15.1 Å². The van der Waals surface area contributed by atoms with Crippen LogP contribution < -0.4 is 5.32 Å². The second kappa shape index (κ2) is 8.70. The van der Waals surface area contributed by atoms with Crippen molar-refractivity contribution in [3.05, 3.63) is 70.7 Å². The molecular formula is C20H23N3O3S2. The Morgan fingerprint density at radius 1 is 1.18 bits per heavy atom. The number of nitrogens with zero attached hydrogens (tertiary/aromatic N) is 2. The predicted molar refractivity (Wildman–Crippen MR) is 110 cm³/mol. The third kappa shape index (κ3) is 4.69. The van der Waals surface area contributed by atoms with Crippen LogP contribution in [0, 0.1) is 0 Å². The van der Waals surface area contributed by atoms with Crippen molar-refractivity contribution in [1.82, 2.24) is 15.1 Å². The van der Waals surface area contributed by atoms with E-state index in [9.17, 15) is 13.2 Å². The van der Waals surface area contributed by atoms with Crippen LogP contribution in [-0.4, -0.2) is 35.9 Å². The summed E-state index contributed by atoms with van der Waals surface area (Å²) in [5, 5.41) is 8.78. The van der Waals surface area contributed by atoms with Gasteiger partial charge in [-0.05, 0) is 49.1 Å². The van der Waals surface area contributed by atoms with E-state index in [1.54, 1.807) is 55.6 Å². The molecule has 0 saturated heterocycles. The average Bonchev–Trinajstić information content (AvgIpc) is 3.37. The monoisotopic (exact) mass is 417 g/mol. The van der Waals surface area contributed by atoms with Gasteiger partial charge in [-0.2, -0.15) is 5.10 Å². The molecule has 0 aliphatic rings. The second-order valence-corrected chi connectivity index (χ2v) is 10.2. The Labute approximate surface area is 169 Å². The number of amides is 1. The fourth-order valence-corrected chi connectivity index (χ4v) is 4.68. The van der Waals surface area contributed by atoms with Gasteiger partial charge >= 0.3 is 0 Å². The molecule has 3 rings (SSSR count). The Hall–Kier alpha value is -2.45. The zero-order chi connectivity index (χ0) is 20.1. The number of rotatable bonds is 8. The molecule has 2 aromatic heterocycles. The van der Waals surface area contributed by atoms with E-state index in [0.29, 0.717) is 6.54 Å². The lowest BCUT2D eigenvalue weighted by Gasteiger charge is -2.17. The van der Waals surface area contributed by atoms with Crippen LogP contribution in [0.4, 0.5) is 0 Å². The quantitative estimate of drug-likeness (QED) is 0.611. The molecule has 1 atom stereocenters. The van der Waals surface area contributed by atoms with Gasteiger partial charge in [-0.25, -0.2) is 8.42 Å². The summed E-state index contributed by atoms with van der Waals surface area (Å²) in [7, 11) is -3.30. The highest BCUT2D eigenvalue weighted by atomic mass is 32.2. The van der Waals surface area contributed by atoms with Crippen molar-refractivity contribution in [2.24, 2.45) is 0 Å². The molecule has 1 unspecified atom stereocenters. The van der Waals surface area contributed by atoms with Gasteiger partial charge in [0.2, 0.25) is 5.91 Å². The summed E-state index contributed by atoms with van der Waals surface area (Å²) in [5.74, 6) is -0.117. The zero-order valence-corrected chi connectivity index (χ0v) is 17.4. The van der Waals surface area contributed by atoms with Gasteiger partial charge in [0.15, 0.2) is 9.84 Å². The van der Waals surface area contributed by atoms with Crippen LogP contribution in [0.25, 0.3) is 0 Å². The van der Waals surface area contributed by atoms with Crippen LogP contribution in [0.15, 0.2) is 65.1 Å². The van der Waals surface area contributed by atoms with E-state index in [2.05, 4.69) is 10.4 Å². The lowest BCUT2D eigenvalue weighted by Crippen LogP contribution is -2.32. The second-order valence-electron chi connectivity index (χ2n) is 6.74. The van der Waals surface area contributed by atoms with Gasteiger partial charge in [0.1, 0.15) is 6.04 Å². The molecule has 0 fully saturated rings. The van der Waals surface area contributed by atoms with Crippen LogP contribution in [-0.2, 0) is 21.1 Å². The first-order chi connectivity index (χ1) is 13.4. The number of carbonyl (C=O) groups is 1. The minimum absolute atomic E-state index is 0.0579. The maximum Gasteiger partial charge on any atom is 0.224 e. The maximum atomic E-state index is 12.4. The highest BCUT2D eigenvalue weighted by Crippen LogP contribution is 2.22. The van der Waals surface area contributed by atoms with Crippen molar-refractivity contribution < 1.29 is 13.2 Å². The average molecular weight is 418 g/mol. The minimum Gasteiger partial charge on any atom is -0.353 e. The number of carbonyl (C=O) groups excluding carboxylic acids is 1. The van der Waals surface area contributed by atoms with Gasteiger partial charge in [0.25, 0.3) is 0 Å². The number of thiophene rings is 1. The number of nitrogens with one attached hydrogen (secondary N) is 1. The van der Waals surface area contributed by atoms with Crippen molar-refractivity contribution in [2.45, 2.75) is 36.5 Å². The Balaban J connectivity index is 1.62. The first kappa shape index (κ1) is 20.3. The van der Waals surface area contributed by atoms with Gasteiger partial charge in [-0.3, -0.25) is 9.48 Å². The Kier molecular flexibility index (Phi) is 6.31. The molecule has 148 valence electrons.